The molecule has 0 saturated heterocycles. The summed E-state index contributed by atoms with van der Waals surface area (Å²) in [6, 6.07) is 0. The Kier molecular flexibility index (Phi) is 3.68. The quantitative estimate of drug-likeness (QED) is 0.625. The Morgan fingerprint density at radius 2 is 2.21 bits per heavy atom. The number of allylic oxidation sites excluding steroid dienone is 1. The fraction of sp³-hybridized carbons (Fsp3) is 0.600. The van der Waals surface area contributed by atoms with E-state index in [-0.39, 0.29) is 5.97 Å². The Hall–Kier alpha value is -1.32. The van der Waals surface area contributed by atoms with Gasteiger partial charge < -0.3 is 9.47 Å². The number of carbonyl (C=O) groups excluding carboxylic acids is 2. The van der Waals surface area contributed by atoms with Gasteiger partial charge in [0.05, 0.1) is 12.7 Å². The van der Waals surface area contributed by atoms with E-state index in [1.54, 1.807) is 6.08 Å². The third-order valence-corrected chi connectivity index (χ3v) is 2.11. The highest BCUT2D eigenvalue weighted by Gasteiger charge is 2.26. The highest BCUT2D eigenvalue weighted by Crippen LogP contribution is 2.22. The van der Waals surface area contributed by atoms with Crippen molar-refractivity contribution in [2.24, 2.45) is 0 Å². The van der Waals surface area contributed by atoms with E-state index in [9.17, 15) is 9.59 Å². The number of rotatable bonds is 2. The summed E-state index contributed by atoms with van der Waals surface area (Å²) < 4.78 is 9.62. The van der Waals surface area contributed by atoms with E-state index in [0.717, 1.165) is 12.8 Å². The highest BCUT2D eigenvalue weighted by molar-refractivity contribution is 5.90. The summed E-state index contributed by atoms with van der Waals surface area (Å²) in [7, 11) is 1.32. The molecule has 78 valence electrons. The molecule has 0 N–H and O–H groups in total. The van der Waals surface area contributed by atoms with E-state index in [2.05, 4.69) is 4.74 Å². The molecule has 0 heterocycles. The van der Waals surface area contributed by atoms with Crippen LogP contribution < -0.4 is 0 Å². The minimum Gasteiger partial charge on any atom is -0.466 e. The number of methoxy groups -OCH3 is 1. The number of hydrogen-bond donors (Lipinski definition) is 0. The topological polar surface area (TPSA) is 52.6 Å². The molecular formula is C10H14O4. The summed E-state index contributed by atoms with van der Waals surface area (Å²) in [5, 5.41) is 0. The second kappa shape index (κ2) is 4.79. The molecule has 1 atom stereocenters. The lowest BCUT2D eigenvalue weighted by Crippen LogP contribution is -2.26. The zero-order valence-corrected chi connectivity index (χ0v) is 8.41. The molecule has 0 aromatic carbocycles. The molecule has 0 aromatic rings. The molecule has 0 fully saturated rings. The van der Waals surface area contributed by atoms with Crippen LogP contribution in [0, 0.1) is 0 Å². The normalized spacial score (nSPS) is 21.0. The molecule has 0 radical (unpaired) electrons. The van der Waals surface area contributed by atoms with Gasteiger partial charge in [0.15, 0.2) is 0 Å². The zero-order valence-electron chi connectivity index (χ0n) is 8.41. The number of ether oxygens (including phenoxy) is 2. The molecule has 0 spiro atoms. The van der Waals surface area contributed by atoms with Gasteiger partial charge in [-0.15, -0.1) is 0 Å². The van der Waals surface area contributed by atoms with Crippen molar-refractivity contribution in [3.05, 3.63) is 11.6 Å². The SMILES string of the molecule is COC(=O)C1=CCCCC1OC(C)=O. The van der Waals surface area contributed by atoms with E-state index in [1.807, 2.05) is 0 Å². The maximum absolute atomic E-state index is 11.3. The van der Waals surface area contributed by atoms with E-state index < -0.39 is 12.1 Å². The van der Waals surface area contributed by atoms with Gasteiger partial charge >= 0.3 is 11.9 Å². The van der Waals surface area contributed by atoms with Crippen LogP contribution in [0.15, 0.2) is 11.6 Å². The molecule has 1 rings (SSSR count). The smallest absolute Gasteiger partial charge is 0.337 e. The van der Waals surface area contributed by atoms with Crippen molar-refractivity contribution in [2.45, 2.75) is 32.3 Å². The van der Waals surface area contributed by atoms with E-state index in [0.29, 0.717) is 12.0 Å². The number of hydrogen-bond acceptors (Lipinski definition) is 4. The van der Waals surface area contributed by atoms with Gasteiger partial charge in [0.25, 0.3) is 0 Å². The van der Waals surface area contributed by atoms with Crippen LogP contribution in [0.1, 0.15) is 26.2 Å². The summed E-state index contributed by atoms with van der Waals surface area (Å²) >= 11 is 0. The van der Waals surface area contributed by atoms with Gasteiger partial charge in [-0.25, -0.2) is 4.79 Å². The zero-order chi connectivity index (χ0) is 10.6. The second-order valence-electron chi connectivity index (χ2n) is 3.18. The van der Waals surface area contributed by atoms with Crippen LogP contribution >= 0.6 is 0 Å². The first-order valence-corrected chi connectivity index (χ1v) is 4.60. The molecule has 1 unspecified atom stereocenters. The Balaban J connectivity index is 2.72. The molecule has 4 nitrogen and oxygen atoms in total. The number of carbonyl (C=O) groups is 2. The van der Waals surface area contributed by atoms with Crippen LogP contribution in [0.4, 0.5) is 0 Å². The van der Waals surface area contributed by atoms with E-state index >= 15 is 0 Å². The summed E-state index contributed by atoms with van der Waals surface area (Å²) in [5.74, 6) is -0.775. The van der Waals surface area contributed by atoms with Crippen molar-refractivity contribution >= 4 is 11.9 Å². The van der Waals surface area contributed by atoms with Crippen LogP contribution in [-0.4, -0.2) is 25.2 Å². The average Bonchev–Trinajstić information content (AvgIpc) is 2.16. The van der Waals surface area contributed by atoms with Crippen LogP contribution in [0.3, 0.4) is 0 Å². The number of esters is 2. The molecule has 0 aromatic heterocycles. The maximum atomic E-state index is 11.3. The lowest BCUT2D eigenvalue weighted by molar-refractivity contribution is -0.147. The fourth-order valence-electron chi connectivity index (χ4n) is 1.50. The van der Waals surface area contributed by atoms with Gasteiger partial charge in [0.1, 0.15) is 6.10 Å². The molecule has 0 amide bonds. The van der Waals surface area contributed by atoms with Crippen LogP contribution in [0.25, 0.3) is 0 Å². The van der Waals surface area contributed by atoms with Crippen molar-refractivity contribution < 1.29 is 19.1 Å². The Bertz CT molecular complexity index is 267. The van der Waals surface area contributed by atoms with Crippen molar-refractivity contribution in [2.75, 3.05) is 7.11 Å². The van der Waals surface area contributed by atoms with Crippen molar-refractivity contribution in [3.8, 4) is 0 Å². The van der Waals surface area contributed by atoms with Gasteiger partial charge in [0, 0.05) is 6.92 Å². The van der Waals surface area contributed by atoms with E-state index in [1.165, 1.54) is 14.0 Å². The predicted molar refractivity (Wildman–Crippen MR) is 49.5 cm³/mol. The van der Waals surface area contributed by atoms with Gasteiger partial charge in [-0.1, -0.05) is 6.08 Å². The Morgan fingerprint density at radius 3 is 2.79 bits per heavy atom. The highest BCUT2D eigenvalue weighted by atomic mass is 16.6. The summed E-state index contributed by atoms with van der Waals surface area (Å²) in [6.45, 7) is 1.34. The van der Waals surface area contributed by atoms with Gasteiger partial charge in [-0.2, -0.15) is 0 Å². The van der Waals surface area contributed by atoms with Crippen LogP contribution in [0.5, 0.6) is 0 Å². The summed E-state index contributed by atoms with van der Waals surface area (Å²) in [5.41, 5.74) is 0.467. The molecule has 0 bridgehead atoms. The second-order valence-corrected chi connectivity index (χ2v) is 3.18. The predicted octanol–water partition coefficient (Wildman–Crippen LogP) is 1.20. The minimum absolute atomic E-state index is 0.369. The first-order chi connectivity index (χ1) is 6.65. The van der Waals surface area contributed by atoms with Gasteiger partial charge in [0.2, 0.25) is 0 Å². The average molecular weight is 198 g/mol. The molecule has 0 saturated carbocycles. The summed E-state index contributed by atoms with van der Waals surface area (Å²) in [4.78, 5) is 22.0. The third kappa shape index (κ3) is 2.58. The molecule has 1 aliphatic rings. The first kappa shape index (κ1) is 10.8. The fourth-order valence-corrected chi connectivity index (χ4v) is 1.50. The minimum atomic E-state index is -0.423. The largest absolute Gasteiger partial charge is 0.466 e. The summed E-state index contributed by atoms with van der Waals surface area (Å²) in [6.07, 6.45) is 3.82. The van der Waals surface area contributed by atoms with Crippen LogP contribution in [-0.2, 0) is 19.1 Å². The maximum Gasteiger partial charge on any atom is 0.337 e. The Morgan fingerprint density at radius 1 is 1.50 bits per heavy atom. The lowest BCUT2D eigenvalue weighted by atomic mass is 9.96. The third-order valence-electron chi connectivity index (χ3n) is 2.11. The van der Waals surface area contributed by atoms with E-state index in [4.69, 9.17) is 4.74 Å². The molecule has 14 heavy (non-hydrogen) atoms. The van der Waals surface area contributed by atoms with Crippen molar-refractivity contribution in [1.29, 1.82) is 0 Å². The van der Waals surface area contributed by atoms with Crippen molar-refractivity contribution in [3.63, 3.8) is 0 Å². The van der Waals surface area contributed by atoms with Crippen LogP contribution in [0.2, 0.25) is 0 Å². The molecule has 1 aliphatic carbocycles. The first-order valence-electron chi connectivity index (χ1n) is 4.60. The standard InChI is InChI=1S/C10H14O4/c1-7(11)14-9-6-4-3-5-8(9)10(12)13-2/h5,9H,3-4,6H2,1-2H3. The van der Waals surface area contributed by atoms with Crippen molar-refractivity contribution in [1.82, 2.24) is 0 Å². The lowest BCUT2D eigenvalue weighted by Gasteiger charge is -2.21. The van der Waals surface area contributed by atoms with Gasteiger partial charge in [-0.3, -0.25) is 4.79 Å². The van der Waals surface area contributed by atoms with Gasteiger partial charge in [-0.05, 0) is 19.3 Å². The molecular weight excluding hydrogens is 184 g/mol. The molecule has 4 heteroatoms. The molecule has 0 aliphatic heterocycles. The Labute approximate surface area is 82.9 Å². The monoisotopic (exact) mass is 198 g/mol.